The van der Waals surface area contributed by atoms with Crippen LogP contribution in [0.2, 0.25) is 0 Å². The summed E-state index contributed by atoms with van der Waals surface area (Å²) in [4.78, 5) is 30.7. The second kappa shape index (κ2) is 11.7. The second-order valence-corrected chi connectivity index (χ2v) is 10.4. The number of aliphatic hydroxyl groups is 1. The van der Waals surface area contributed by atoms with E-state index in [4.69, 9.17) is 4.74 Å². The lowest BCUT2D eigenvalue weighted by Gasteiger charge is -2.40. The molecule has 2 amide bonds. The van der Waals surface area contributed by atoms with Crippen LogP contribution in [0.3, 0.4) is 0 Å². The van der Waals surface area contributed by atoms with Gasteiger partial charge in [0.15, 0.2) is 0 Å². The SMILES string of the molecule is CC(Cc1cccnc1)(NC(=O)OC1CCC2CCCC1C2)C(=O)NC(CO)Cc1ccccc1. The third kappa shape index (κ3) is 6.82. The minimum atomic E-state index is -1.27. The summed E-state index contributed by atoms with van der Waals surface area (Å²) >= 11 is 0. The molecule has 2 aromatic rings. The lowest BCUT2D eigenvalue weighted by Crippen LogP contribution is -2.61. The van der Waals surface area contributed by atoms with Gasteiger partial charge in [0, 0.05) is 18.8 Å². The second-order valence-electron chi connectivity index (χ2n) is 10.4. The zero-order valence-electron chi connectivity index (χ0n) is 20.5. The predicted octanol–water partition coefficient (Wildman–Crippen LogP) is 3.80. The minimum Gasteiger partial charge on any atom is -0.446 e. The molecule has 5 unspecified atom stereocenters. The van der Waals surface area contributed by atoms with E-state index in [-0.39, 0.29) is 25.0 Å². The van der Waals surface area contributed by atoms with E-state index in [1.165, 1.54) is 12.8 Å². The Kier molecular flexibility index (Phi) is 8.39. The quantitative estimate of drug-likeness (QED) is 0.508. The number of aromatic nitrogens is 1. The molecule has 2 fully saturated rings. The van der Waals surface area contributed by atoms with Gasteiger partial charge in [0.1, 0.15) is 11.6 Å². The molecule has 0 saturated heterocycles. The number of hydrogen-bond donors (Lipinski definition) is 3. The number of hydrogen-bond acceptors (Lipinski definition) is 5. The molecule has 188 valence electrons. The van der Waals surface area contributed by atoms with Crippen LogP contribution in [-0.4, -0.2) is 46.4 Å². The van der Waals surface area contributed by atoms with Crippen LogP contribution in [0, 0.1) is 11.8 Å². The summed E-state index contributed by atoms with van der Waals surface area (Å²) in [6.07, 6.45) is 10.1. The van der Waals surface area contributed by atoms with Crippen molar-refractivity contribution < 1.29 is 19.4 Å². The van der Waals surface area contributed by atoms with Crippen molar-refractivity contribution in [1.82, 2.24) is 15.6 Å². The molecule has 0 aliphatic heterocycles. The summed E-state index contributed by atoms with van der Waals surface area (Å²) in [7, 11) is 0. The molecule has 1 aromatic carbocycles. The van der Waals surface area contributed by atoms with Crippen LogP contribution in [-0.2, 0) is 22.4 Å². The van der Waals surface area contributed by atoms with Gasteiger partial charge in [0.25, 0.3) is 0 Å². The van der Waals surface area contributed by atoms with Crippen molar-refractivity contribution in [2.45, 2.75) is 76.0 Å². The Labute approximate surface area is 207 Å². The van der Waals surface area contributed by atoms with Gasteiger partial charge in [-0.05, 0) is 68.1 Å². The van der Waals surface area contributed by atoms with Crippen LogP contribution in [0.5, 0.6) is 0 Å². The Morgan fingerprint density at radius 1 is 1.11 bits per heavy atom. The summed E-state index contributed by atoms with van der Waals surface area (Å²) < 4.78 is 5.89. The fourth-order valence-electron chi connectivity index (χ4n) is 5.61. The van der Waals surface area contributed by atoms with Gasteiger partial charge < -0.3 is 20.5 Å². The van der Waals surface area contributed by atoms with Crippen molar-refractivity contribution in [2.75, 3.05) is 6.61 Å². The highest BCUT2D eigenvalue weighted by atomic mass is 16.6. The van der Waals surface area contributed by atoms with Gasteiger partial charge in [-0.25, -0.2) is 4.79 Å². The van der Waals surface area contributed by atoms with Crippen LogP contribution in [0.4, 0.5) is 4.79 Å². The standard InChI is InChI=1S/C28H37N3O4/c1-28(17-22-10-6-14-29-18-22,26(33)30-24(19-32)16-20-7-3-2-4-8-20)31-27(34)35-25-13-12-21-9-5-11-23(25)15-21/h2-4,6-8,10,14,18,21,23-25,32H,5,9,11-13,15-17,19H2,1H3,(H,30,33)(H,31,34). The Morgan fingerprint density at radius 2 is 1.91 bits per heavy atom. The smallest absolute Gasteiger partial charge is 0.408 e. The summed E-state index contributed by atoms with van der Waals surface area (Å²) in [6.45, 7) is 1.49. The first-order valence-corrected chi connectivity index (χ1v) is 12.8. The maximum absolute atomic E-state index is 13.5. The molecule has 4 rings (SSSR count). The van der Waals surface area contributed by atoms with Crippen molar-refractivity contribution in [2.24, 2.45) is 11.8 Å². The number of aliphatic hydroxyl groups excluding tert-OH is 1. The number of nitrogens with one attached hydrogen (secondary N) is 2. The highest BCUT2D eigenvalue weighted by Gasteiger charge is 2.40. The van der Waals surface area contributed by atoms with Crippen LogP contribution >= 0.6 is 0 Å². The predicted molar refractivity (Wildman–Crippen MR) is 134 cm³/mol. The maximum Gasteiger partial charge on any atom is 0.408 e. The average Bonchev–Trinajstić information content (AvgIpc) is 2.86. The van der Waals surface area contributed by atoms with Gasteiger partial charge in [-0.3, -0.25) is 9.78 Å². The number of pyridine rings is 1. The van der Waals surface area contributed by atoms with Crippen molar-refractivity contribution in [1.29, 1.82) is 0 Å². The summed E-state index contributed by atoms with van der Waals surface area (Å²) in [6, 6.07) is 12.9. The number of fused-ring (bicyclic) bond motifs is 2. The Hall–Kier alpha value is -2.93. The van der Waals surface area contributed by atoms with Crippen LogP contribution in [0.25, 0.3) is 0 Å². The van der Waals surface area contributed by atoms with E-state index in [2.05, 4.69) is 15.6 Å². The third-order valence-corrected chi connectivity index (χ3v) is 7.51. The lowest BCUT2D eigenvalue weighted by molar-refractivity contribution is -0.128. The van der Waals surface area contributed by atoms with Crippen molar-refractivity contribution >= 4 is 12.0 Å². The third-order valence-electron chi connectivity index (χ3n) is 7.51. The van der Waals surface area contributed by atoms with Gasteiger partial charge >= 0.3 is 6.09 Å². The molecule has 35 heavy (non-hydrogen) atoms. The van der Waals surface area contributed by atoms with Crippen molar-refractivity contribution in [3.63, 3.8) is 0 Å². The molecule has 2 saturated carbocycles. The van der Waals surface area contributed by atoms with E-state index in [0.717, 1.165) is 42.7 Å². The first-order chi connectivity index (χ1) is 16.9. The Morgan fingerprint density at radius 3 is 2.66 bits per heavy atom. The minimum absolute atomic E-state index is 0.0967. The van der Waals surface area contributed by atoms with Crippen LogP contribution in [0.1, 0.15) is 56.6 Å². The number of rotatable bonds is 9. The fraction of sp³-hybridized carbons (Fsp3) is 0.536. The molecule has 2 aliphatic rings. The molecule has 0 radical (unpaired) electrons. The van der Waals surface area contributed by atoms with Crippen molar-refractivity contribution in [3.8, 4) is 0 Å². The molecule has 2 bridgehead atoms. The fourth-order valence-corrected chi connectivity index (χ4v) is 5.61. The van der Waals surface area contributed by atoms with E-state index in [0.29, 0.717) is 12.3 Å². The van der Waals surface area contributed by atoms with Crippen LogP contribution in [0.15, 0.2) is 54.9 Å². The first kappa shape index (κ1) is 25.2. The molecule has 1 heterocycles. The van der Waals surface area contributed by atoms with Crippen molar-refractivity contribution in [3.05, 3.63) is 66.0 Å². The van der Waals surface area contributed by atoms with E-state index in [1.807, 2.05) is 36.4 Å². The molecular weight excluding hydrogens is 442 g/mol. The summed E-state index contributed by atoms with van der Waals surface area (Å²) in [5, 5.41) is 15.8. The van der Waals surface area contributed by atoms with E-state index >= 15 is 0 Å². The highest BCUT2D eigenvalue weighted by Crippen LogP contribution is 2.41. The van der Waals surface area contributed by atoms with Gasteiger partial charge in [-0.15, -0.1) is 0 Å². The van der Waals surface area contributed by atoms with E-state index < -0.39 is 17.7 Å². The number of carbonyl (C=O) groups is 2. The Bertz CT molecular complexity index is 971. The number of alkyl carbamates (subject to hydrolysis) is 1. The van der Waals surface area contributed by atoms with Crippen LogP contribution < -0.4 is 10.6 Å². The average molecular weight is 480 g/mol. The molecule has 7 heteroatoms. The van der Waals surface area contributed by atoms with E-state index in [1.54, 1.807) is 25.4 Å². The Balaban J connectivity index is 1.45. The largest absolute Gasteiger partial charge is 0.446 e. The van der Waals surface area contributed by atoms with Gasteiger partial charge in [0.2, 0.25) is 5.91 Å². The summed E-state index contributed by atoms with van der Waals surface area (Å²) in [5.41, 5.74) is 0.562. The molecule has 3 N–H and O–H groups in total. The van der Waals surface area contributed by atoms with Gasteiger partial charge in [-0.1, -0.05) is 49.2 Å². The molecule has 0 spiro atoms. The number of carbonyl (C=O) groups excluding carboxylic acids is 2. The number of nitrogens with zero attached hydrogens (tertiary/aromatic N) is 1. The molecular formula is C28H37N3O4. The zero-order chi connectivity index (χ0) is 24.7. The molecule has 5 atom stereocenters. The van der Waals surface area contributed by atoms with Gasteiger partial charge in [-0.2, -0.15) is 0 Å². The maximum atomic E-state index is 13.5. The molecule has 1 aromatic heterocycles. The lowest BCUT2D eigenvalue weighted by atomic mass is 9.71. The topological polar surface area (TPSA) is 101 Å². The number of benzene rings is 1. The highest BCUT2D eigenvalue weighted by molar-refractivity contribution is 5.90. The van der Waals surface area contributed by atoms with Gasteiger partial charge in [0.05, 0.1) is 12.6 Å². The zero-order valence-corrected chi connectivity index (χ0v) is 20.5. The molecule has 7 nitrogen and oxygen atoms in total. The summed E-state index contributed by atoms with van der Waals surface area (Å²) in [5.74, 6) is 0.810. The monoisotopic (exact) mass is 479 g/mol. The van der Waals surface area contributed by atoms with E-state index in [9.17, 15) is 14.7 Å². The first-order valence-electron chi connectivity index (χ1n) is 12.8. The normalized spacial score (nSPS) is 24.0. The molecule has 2 aliphatic carbocycles. The number of amides is 2. The number of ether oxygens (including phenoxy) is 1.